The molecule has 1 aliphatic carbocycles. The zero-order valence-electron chi connectivity index (χ0n) is 87.6. The monoisotopic (exact) mass is 2280 g/mol. The number of carbonyl (C=O) groups is 5. The highest BCUT2D eigenvalue weighted by Gasteiger charge is 2.41. The van der Waals surface area contributed by atoms with Crippen LogP contribution in [0.25, 0.3) is 71.0 Å². The number of para-hydroxylation sites is 1. The van der Waals surface area contributed by atoms with E-state index < -0.39 is 28.0 Å². The highest BCUT2D eigenvalue weighted by atomic mass is 127. The fourth-order valence-corrected chi connectivity index (χ4v) is 18.6. The molecule has 6 aliphatic rings. The number of carbonyl (C=O) groups excluding carboxylic acids is 5. The van der Waals surface area contributed by atoms with Gasteiger partial charge in [0.2, 0.25) is 0 Å². The van der Waals surface area contributed by atoms with Crippen LogP contribution in [0.2, 0.25) is 0 Å². The summed E-state index contributed by atoms with van der Waals surface area (Å²) < 4.78 is 36.1. The van der Waals surface area contributed by atoms with E-state index in [-0.39, 0.29) is 37.6 Å². The molecule has 4 N–H and O–H groups in total. The van der Waals surface area contributed by atoms with Gasteiger partial charge in [-0.3, -0.25) is 38.0 Å². The summed E-state index contributed by atoms with van der Waals surface area (Å²) in [7, 11) is 1.00. The van der Waals surface area contributed by atoms with Crippen molar-refractivity contribution in [2.75, 3.05) is 77.0 Å². The van der Waals surface area contributed by atoms with Crippen LogP contribution in [0.3, 0.4) is 0 Å². The molecule has 7 aromatic heterocycles. The second-order valence-corrected chi connectivity index (χ2v) is 41.8. The van der Waals surface area contributed by atoms with Crippen LogP contribution in [0.4, 0.5) is 19.2 Å². The Morgan fingerprint density at radius 1 is 0.451 bits per heavy atom. The van der Waals surface area contributed by atoms with Gasteiger partial charge >= 0.3 is 24.4 Å². The minimum absolute atomic E-state index is 0. The van der Waals surface area contributed by atoms with E-state index in [9.17, 15) is 29.1 Å². The van der Waals surface area contributed by atoms with Gasteiger partial charge in [-0.25, -0.2) is 19.2 Å². The van der Waals surface area contributed by atoms with Gasteiger partial charge in [-0.2, -0.15) is 35.7 Å². The number of hydrogen-bond donors (Lipinski definition) is 4. The number of rotatable bonds is 10. The van der Waals surface area contributed by atoms with Gasteiger partial charge in [-0.05, 0) is 276 Å². The molecular formula is C110H157Br3IN19O11. The number of Topliss-reactive ketones (excluding diaryl/α,β-unsaturated/α-hetero) is 1. The van der Waals surface area contributed by atoms with E-state index >= 15 is 0 Å². The average molecular weight is 2290 g/mol. The number of amides is 4. The van der Waals surface area contributed by atoms with Crippen molar-refractivity contribution in [2.45, 2.75) is 302 Å². The van der Waals surface area contributed by atoms with E-state index in [0.717, 1.165) is 146 Å². The molecule has 13 aromatic rings. The third-order valence-corrected chi connectivity index (χ3v) is 25.4. The minimum atomic E-state index is -0.982. The van der Waals surface area contributed by atoms with E-state index in [0.29, 0.717) is 83.3 Å². The Labute approximate surface area is 889 Å². The van der Waals surface area contributed by atoms with Crippen LogP contribution < -0.4 is 5.32 Å². The zero-order valence-corrected chi connectivity index (χ0v) is 94.6. The number of piperidine rings is 4. The molecule has 4 saturated heterocycles. The van der Waals surface area contributed by atoms with Gasteiger partial charge in [0.05, 0.1) is 56.4 Å². The third kappa shape index (κ3) is 34.2. The predicted molar refractivity (Wildman–Crippen MR) is 601 cm³/mol. The normalized spacial score (nSPS) is 15.3. The summed E-state index contributed by atoms with van der Waals surface area (Å²) in [4.78, 5) is 66.0. The van der Waals surface area contributed by atoms with Gasteiger partial charge in [0, 0.05) is 202 Å². The van der Waals surface area contributed by atoms with Gasteiger partial charge in [0.25, 0.3) is 0 Å². The standard InChI is InChI=1S/C19H27N3O3.C19H31N3O2.C19H25N3O2.C14H19N3.C10H17NO3.C9H9BrN2.C9H10N2.C7H6N2.C2H5I.CH4O.CH4.Br2/c1-5-22-16(14-8-6-7-9-15(14)20-22)19(24)10-12-21(13-11-19)17(23)25-18(2,3)4;2*1-5-22-17(15-8-6-7-9-16(15)20-22)14-10-12-21(13-11-14)18(23)24-19(2,3)4;1-2-17-14(11-7-9-15-10-8-11)12-5-3-4-6-13(12)16-17;1-10(2,3)14-9(13)11-6-4-8(12)5-7-11;1-2-12-9(10)7-5-3-4-6-8(7)11-12;1-2-11-7-8-5-3-4-6-9(8)10-11;1-2-4-7-6(3-1)5-8-9-7;1-2-3;1-2;;1-2/h6-9,24H,5,10-13H2,1-4H3;14H,5-13H2,1-4H3;6-10H,5,11-13H2,1-4H3;3-6,11,15H,2,7-10H2,1H3;4-7H2,1-3H3;3-6H,2H2,1H3;3-7H,2H2,1H3;1-5H,(H,8,9);2H2,1H3;2H,1H3;1H4;. The molecule has 4 fully saturated rings. The predicted octanol–water partition coefficient (Wildman–Crippen LogP) is 25.2. The Hall–Kier alpha value is -10.1. The van der Waals surface area contributed by atoms with E-state index in [1.54, 1.807) is 14.7 Å². The molecule has 19 rings (SSSR count). The van der Waals surface area contributed by atoms with Crippen molar-refractivity contribution < 1.29 is 53.1 Å². The van der Waals surface area contributed by atoms with Crippen molar-refractivity contribution in [3.8, 4) is 0 Å². The van der Waals surface area contributed by atoms with Gasteiger partial charge in [-0.15, -0.1) is 0 Å². The number of nitrogens with zero attached hydrogens (tertiary/aromatic N) is 17. The fraction of sp³-hybridized carbons (Fsp3) is 0.527. The number of ketones is 1. The molecular weight excluding hydrogens is 2130 g/mol. The number of halogens is 4. The van der Waals surface area contributed by atoms with Crippen molar-refractivity contribution in [1.29, 1.82) is 0 Å². The summed E-state index contributed by atoms with van der Waals surface area (Å²) in [6.07, 6.45) is 17.0. The first kappa shape index (κ1) is 119. The maximum absolute atomic E-state index is 12.3. The van der Waals surface area contributed by atoms with Crippen LogP contribution in [0.15, 0.2) is 169 Å². The lowest BCUT2D eigenvalue weighted by atomic mass is 9.86. The van der Waals surface area contributed by atoms with Crippen molar-refractivity contribution >= 4 is 168 Å². The molecule has 144 heavy (non-hydrogen) atoms. The number of likely N-dealkylation sites (tertiary alicyclic amines) is 3. The molecule has 30 nitrogen and oxygen atoms in total. The Morgan fingerprint density at radius 2 is 0.861 bits per heavy atom. The number of fused-ring (bicyclic) bond motifs is 7. The van der Waals surface area contributed by atoms with Crippen LogP contribution in [0.5, 0.6) is 0 Å². The average Bonchev–Trinajstić information content (AvgIpc) is 1.62. The van der Waals surface area contributed by atoms with Gasteiger partial charge in [0.1, 0.15) is 38.4 Å². The molecule has 0 radical (unpaired) electrons. The lowest BCUT2D eigenvalue weighted by Crippen LogP contribution is -2.47. The molecule has 786 valence electrons. The number of aryl methyl sites for hydroxylation is 7. The van der Waals surface area contributed by atoms with Crippen molar-refractivity contribution in [3.63, 3.8) is 0 Å². The number of benzene rings is 6. The highest BCUT2D eigenvalue weighted by Crippen LogP contribution is 2.40. The van der Waals surface area contributed by atoms with Crippen molar-refractivity contribution in [2.24, 2.45) is 0 Å². The number of alkyl halides is 1. The molecule has 0 unspecified atom stereocenters. The molecule has 0 spiro atoms. The molecule has 4 amide bonds. The third-order valence-electron chi connectivity index (χ3n) is 24.5. The summed E-state index contributed by atoms with van der Waals surface area (Å²) in [5.41, 5.74) is 12.5. The quantitative estimate of drug-likeness (QED) is 0.0561. The SMILES string of the molecule is BrBr.C.CC(C)(C)OC(=O)N1CCC(=O)CC1.CCI.CCn1cc2ccccc2n1.CCn1nc2c(c1C1CCN(C(=O)OC(C)(C)C)CC1)CCCC2.CCn1nc2ccccc2c1Br.CCn1nc2ccccc2c1C1(O)CCN(C(=O)OC(C)(C)C)CC1.CCn1nc2ccccc2c1C1=CCN(C(=O)OC(C)(C)C)CC1.CCn1nc2ccccc2c1C1CCNCC1.CO.c1ccc2[nH]ncc2c1. The van der Waals surface area contributed by atoms with Gasteiger partial charge < -0.3 is 54.1 Å². The molecule has 0 atom stereocenters. The van der Waals surface area contributed by atoms with E-state index in [2.05, 4.69) is 213 Å². The number of H-pyrrole nitrogens is 1. The Morgan fingerprint density at radius 3 is 1.36 bits per heavy atom. The number of aliphatic hydroxyl groups is 2. The fourth-order valence-electron chi connectivity index (χ4n) is 17.9. The highest BCUT2D eigenvalue weighted by molar-refractivity contribution is 14.1. The lowest BCUT2D eigenvalue weighted by molar-refractivity contribution is -0.121. The summed E-state index contributed by atoms with van der Waals surface area (Å²) in [5.74, 6) is 1.42. The summed E-state index contributed by atoms with van der Waals surface area (Å²) in [6.45, 7) is 49.5. The number of aromatic nitrogens is 14. The van der Waals surface area contributed by atoms with Crippen LogP contribution in [-0.4, -0.2) is 228 Å². The van der Waals surface area contributed by atoms with Crippen LogP contribution in [-0.2, 0) is 81.5 Å². The first-order valence-corrected chi connectivity index (χ1v) is 56.5. The number of aromatic amines is 1. The smallest absolute Gasteiger partial charge is 0.410 e. The second kappa shape index (κ2) is 57.3. The van der Waals surface area contributed by atoms with Crippen LogP contribution in [0, 0.1) is 0 Å². The molecule has 0 saturated carbocycles. The van der Waals surface area contributed by atoms with Crippen LogP contribution >= 0.6 is 66.8 Å². The maximum atomic E-state index is 12.3. The molecule has 12 heterocycles. The van der Waals surface area contributed by atoms with Gasteiger partial charge in [-0.1, -0.05) is 152 Å². The summed E-state index contributed by atoms with van der Waals surface area (Å²) in [6, 6.07) is 48.9. The summed E-state index contributed by atoms with van der Waals surface area (Å²) in [5, 5.41) is 63.2. The Bertz CT molecular complexity index is 6130. The van der Waals surface area contributed by atoms with E-state index in [1.807, 2.05) is 218 Å². The zero-order chi connectivity index (χ0) is 104. The van der Waals surface area contributed by atoms with E-state index in [1.165, 1.54) is 92.0 Å². The molecule has 5 aliphatic heterocycles. The lowest BCUT2D eigenvalue weighted by Gasteiger charge is -2.39. The maximum Gasteiger partial charge on any atom is 0.410 e. The second-order valence-electron chi connectivity index (χ2n) is 39.5. The first-order chi connectivity index (χ1) is 68.4. The molecule has 34 heteroatoms. The number of aliphatic hydroxyl groups excluding tert-OH is 1. The molecule has 6 aromatic carbocycles. The Kier molecular flexibility index (Phi) is 47.4. The number of ether oxygens (including phenoxy) is 4. The van der Waals surface area contributed by atoms with Crippen molar-refractivity contribution in [3.05, 3.63) is 203 Å². The van der Waals surface area contributed by atoms with Crippen molar-refractivity contribution in [1.82, 2.24) is 93.8 Å². The minimum Gasteiger partial charge on any atom is -0.444 e. The van der Waals surface area contributed by atoms with Gasteiger partial charge in [0.15, 0.2) is 0 Å². The first-order valence-electron chi connectivity index (χ1n) is 50.5. The van der Waals surface area contributed by atoms with E-state index in [4.69, 9.17) is 34.3 Å². The number of hydrogen-bond acceptors (Lipinski definition) is 19. The van der Waals surface area contributed by atoms with Crippen LogP contribution in [0.1, 0.15) is 255 Å². The molecule has 0 bridgehead atoms. The largest absolute Gasteiger partial charge is 0.444 e. The topological polar surface area (TPSA) is 323 Å². The summed E-state index contributed by atoms with van der Waals surface area (Å²) >= 11 is 11.3. The number of nitrogens with one attached hydrogen (secondary N) is 2. The Balaban J connectivity index is 0.000000203.